The quantitative estimate of drug-likeness (QED) is 0.269. The second kappa shape index (κ2) is 7.66. The van der Waals surface area contributed by atoms with E-state index in [0.717, 1.165) is 28.1 Å². The summed E-state index contributed by atoms with van der Waals surface area (Å²) in [5, 5.41) is 0.695. The van der Waals surface area contributed by atoms with E-state index in [-0.39, 0.29) is 0 Å². The molecule has 0 unspecified atom stereocenters. The Balaban J connectivity index is 1.72. The molecule has 35 heavy (non-hydrogen) atoms. The van der Waals surface area contributed by atoms with Gasteiger partial charge in [0.1, 0.15) is 5.82 Å². The first kappa shape index (κ1) is 20.2. The Labute approximate surface area is 208 Å². The van der Waals surface area contributed by atoms with Crippen molar-refractivity contribution in [2.45, 2.75) is 5.41 Å². The van der Waals surface area contributed by atoms with Crippen LogP contribution in [0, 0.1) is 0 Å². The summed E-state index contributed by atoms with van der Waals surface area (Å²) in [4.78, 5) is 9.34. The maximum absolute atomic E-state index is 6.65. The average molecular weight is 470 g/mol. The van der Waals surface area contributed by atoms with E-state index in [0.29, 0.717) is 5.02 Å². The zero-order valence-electron chi connectivity index (χ0n) is 18.8. The van der Waals surface area contributed by atoms with Gasteiger partial charge in [0.2, 0.25) is 0 Å². The second-order valence-electron chi connectivity index (χ2n) is 8.82. The summed E-state index contributed by atoms with van der Waals surface area (Å²) in [6, 6.07) is 38.2. The molecule has 0 saturated heterocycles. The van der Waals surface area contributed by atoms with Gasteiger partial charge in [0.25, 0.3) is 0 Å². The Morgan fingerprint density at radius 3 is 2.03 bits per heavy atom. The highest BCUT2D eigenvalue weighted by molar-refractivity contribution is 6.30. The number of halogens is 1. The number of nitrogens with zero attached hydrogens (tertiary/aromatic N) is 3. The number of rotatable bonds is 3. The van der Waals surface area contributed by atoms with E-state index in [1.54, 1.807) is 0 Å². The van der Waals surface area contributed by atoms with Gasteiger partial charge in [-0.05, 0) is 52.6 Å². The van der Waals surface area contributed by atoms with Crippen molar-refractivity contribution in [3.05, 3.63) is 149 Å². The highest BCUT2D eigenvalue weighted by Gasteiger charge is 2.45. The predicted molar refractivity (Wildman–Crippen MR) is 141 cm³/mol. The van der Waals surface area contributed by atoms with Crippen LogP contribution >= 0.6 is 11.6 Å². The minimum atomic E-state index is -0.520. The van der Waals surface area contributed by atoms with Crippen molar-refractivity contribution in [1.29, 1.82) is 0 Å². The van der Waals surface area contributed by atoms with Crippen LogP contribution in [0.5, 0.6) is 0 Å². The van der Waals surface area contributed by atoms with Crippen LogP contribution in [0.3, 0.4) is 0 Å². The molecule has 2 aromatic heterocycles. The van der Waals surface area contributed by atoms with E-state index in [1.165, 1.54) is 22.3 Å². The van der Waals surface area contributed by atoms with Crippen molar-refractivity contribution in [2.75, 3.05) is 0 Å². The lowest BCUT2D eigenvalue weighted by Crippen LogP contribution is -2.35. The Morgan fingerprint density at radius 1 is 0.657 bits per heavy atom. The largest absolute Gasteiger partial charge is 0.292 e. The molecule has 6 aromatic rings. The summed E-state index contributed by atoms with van der Waals surface area (Å²) in [5.74, 6) is 0.882. The van der Waals surface area contributed by atoms with Crippen LogP contribution in [0.15, 0.2) is 122 Å². The molecule has 166 valence electrons. The molecule has 4 aromatic carbocycles. The fourth-order valence-electron chi connectivity index (χ4n) is 5.68. The van der Waals surface area contributed by atoms with Crippen LogP contribution in [0.25, 0.3) is 28.1 Å². The van der Waals surface area contributed by atoms with Crippen molar-refractivity contribution < 1.29 is 0 Å². The monoisotopic (exact) mass is 469 g/mol. The molecule has 0 amide bonds. The molecule has 4 heteroatoms. The highest BCUT2D eigenvalue weighted by atomic mass is 35.5. The van der Waals surface area contributed by atoms with Crippen molar-refractivity contribution in [3.8, 4) is 17.1 Å². The van der Waals surface area contributed by atoms with Gasteiger partial charge in [-0.15, -0.1) is 0 Å². The Hall–Kier alpha value is -4.21. The van der Waals surface area contributed by atoms with Gasteiger partial charge in [-0.2, -0.15) is 0 Å². The fraction of sp³-hybridized carbons (Fsp3) is 0.0323. The number of pyridine rings is 1. The number of benzene rings is 4. The number of aromatic nitrogens is 3. The van der Waals surface area contributed by atoms with E-state index in [9.17, 15) is 0 Å². The minimum absolute atomic E-state index is 0.520. The third-order valence-corrected chi connectivity index (χ3v) is 7.27. The number of fused-ring (bicyclic) bond motifs is 2. The molecule has 0 N–H and O–H groups in total. The SMILES string of the molecule is Clc1ccc2c(c1)-n1c(-c3ccncc3)nc3cccc(c31)C2(c1ccccc1)c1ccccc1. The maximum atomic E-state index is 6.65. The molecule has 3 nitrogen and oxygen atoms in total. The average Bonchev–Trinajstić information content (AvgIpc) is 3.32. The molecule has 0 spiro atoms. The van der Waals surface area contributed by atoms with Gasteiger partial charge in [0.15, 0.2) is 0 Å². The highest BCUT2D eigenvalue weighted by Crippen LogP contribution is 2.53. The lowest BCUT2D eigenvalue weighted by Gasteiger charge is -2.41. The van der Waals surface area contributed by atoms with Crippen LogP contribution in [0.4, 0.5) is 0 Å². The smallest absolute Gasteiger partial charge is 0.145 e. The van der Waals surface area contributed by atoms with E-state index in [2.05, 4.69) is 101 Å². The Kier molecular flexibility index (Phi) is 4.42. The third kappa shape index (κ3) is 2.79. The Morgan fingerprint density at radius 2 is 1.34 bits per heavy atom. The van der Waals surface area contributed by atoms with E-state index in [4.69, 9.17) is 16.6 Å². The normalized spacial score (nSPS) is 13.5. The van der Waals surface area contributed by atoms with Crippen LogP contribution < -0.4 is 0 Å². The summed E-state index contributed by atoms with van der Waals surface area (Å²) in [5.41, 5.74) is 8.38. The van der Waals surface area contributed by atoms with Gasteiger partial charge in [-0.1, -0.05) is 90.5 Å². The van der Waals surface area contributed by atoms with Crippen molar-refractivity contribution >= 4 is 22.6 Å². The summed E-state index contributed by atoms with van der Waals surface area (Å²) >= 11 is 6.65. The third-order valence-electron chi connectivity index (χ3n) is 7.04. The molecular weight excluding hydrogens is 450 g/mol. The van der Waals surface area contributed by atoms with Crippen molar-refractivity contribution in [3.63, 3.8) is 0 Å². The van der Waals surface area contributed by atoms with E-state index >= 15 is 0 Å². The van der Waals surface area contributed by atoms with Crippen LogP contribution in [0.1, 0.15) is 22.3 Å². The van der Waals surface area contributed by atoms with E-state index < -0.39 is 5.41 Å². The molecule has 0 aliphatic carbocycles. The number of hydrogen-bond acceptors (Lipinski definition) is 2. The first-order valence-corrected chi connectivity index (χ1v) is 12.0. The molecule has 0 radical (unpaired) electrons. The maximum Gasteiger partial charge on any atom is 0.145 e. The van der Waals surface area contributed by atoms with Gasteiger partial charge < -0.3 is 0 Å². The zero-order chi connectivity index (χ0) is 23.4. The van der Waals surface area contributed by atoms with Crippen molar-refractivity contribution in [1.82, 2.24) is 14.5 Å². The summed E-state index contributed by atoms with van der Waals surface area (Å²) in [6.07, 6.45) is 3.62. The molecule has 0 fully saturated rings. The summed E-state index contributed by atoms with van der Waals surface area (Å²) in [7, 11) is 0. The molecule has 0 bridgehead atoms. The first-order valence-electron chi connectivity index (χ1n) is 11.6. The first-order chi connectivity index (χ1) is 17.3. The number of para-hydroxylation sites is 1. The van der Waals surface area contributed by atoms with Crippen LogP contribution in [-0.4, -0.2) is 14.5 Å². The molecule has 3 heterocycles. The number of imidazole rings is 1. The van der Waals surface area contributed by atoms with Gasteiger partial charge in [0.05, 0.1) is 22.1 Å². The van der Waals surface area contributed by atoms with Gasteiger partial charge >= 0.3 is 0 Å². The molecule has 0 atom stereocenters. The minimum Gasteiger partial charge on any atom is -0.292 e. The lowest BCUT2D eigenvalue weighted by molar-refractivity contribution is 0.725. The zero-order valence-corrected chi connectivity index (χ0v) is 19.5. The van der Waals surface area contributed by atoms with Gasteiger partial charge in [-0.3, -0.25) is 9.55 Å². The van der Waals surface area contributed by atoms with E-state index in [1.807, 2.05) is 30.6 Å². The fourth-order valence-corrected chi connectivity index (χ4v) is 5.84. The Bertz CT molecular complexity index is 1650. The van der Waals surface area contributed by atoms with Gasteiger partial charge in [-0.25, -0.2) is 4.98 Å². The molecule has 0 saturated carbocycles. The number of hydrogen-bond donors (Lipinski definition) is 0. The standard InChI is InChI=1S/C31H20ClN3/c32-24-14-15-25-28(20-24)35-29-26(12-7-13-27(29)34-30(35)21-16-18-33-19-17-21)31(25,22-8-3-1-4-9-22)23-10-5-2-6-11-23/h1-20H. The molecular formula is C31H20ClN3. The van der Waals surface area contributed by atoms with Gasteiger partial charge in [0, 0.05) is 23.0 Å². The predicted octanol–water partition coefficient (Wildman–Crippen LogP) is 7.44. The molecule has 1 aliphatic heterocycles. The topological polar surface area (TPSA) is 30.7 Å². The molecule has 7 rings (SSSR count). The molecule has 1 aliphatic rings. The van der Waals surface area contributed by atoms with Crippen LogP contribution in [0.2, 0.25) is 5.02 Å². The summed E-state index contributed by atoms with van der Waals surface area (Å²) < 4.78 is 2.27. The van der Waals surface area contributed by atoms with Crippen LogP contribution in [-0.2, 0) is 5.41 Å². The second-order valence-corrected chi connectivity index (χ2v) is 9.26. The lowest BCUT2D eigenvalue weighted by atomic mass is 9.63. The summed E-state index contributed by atoms with van der Waals surface area (Å²) in [6.45, 7) is 0. The van der Waals surface area contributed by atoms with Crippen molar-refractivity contribution in [2.24, 2.45) is 0 Å².